The van der Waals surface area contributed by atoms with E-state index in [2.05, 4.69) is 4.98 Å². The van der Waals surface area contributed by atoms with Gasteiger partial charge in [0.05, 0.1) is 45.2 Å². The predicted molar refractivity (Wildman–Crippen MR) is 171 cm³/mol. The van der Waals surface area contributed by atoms with Crippen LogP contribution >= 0.6 is 11.3 Å². The lowest BCUT2D eigenvalue weighted by molar-refractivity contribution is -0.132. The van der Waals surface area contributed by atoms with Crippen LogP contribution in [0.5, 0.6) is 23.0 Å². The minimum atomic E-state index is -1.18. The topological polar surface area (TPSA) is 134 Å². The van der Waals surface area contributed by atoms with Gasteiger partial charge in [0.15, 0.2) is 16.6 Å². The van der Waals surface area contributed by atoms with Crippen molar-refractivity contribution in [3.63, 3.8) is 0 Å². The zero-order valence-corrected chi connectivity index (χ0v) is 26.7. The molecule has 4 aromatic rings. The molecule has 1 aromatic heterocycles. The first-order valence-corrected chi connectivity index (χ1v) is 15.1. The third kappa shape index (κ3) is 6.11. The summed E-state index contributed by atoms with van der Waals surface area (Å²) in [5.41, 5.74) is 1.77. The highest BCUT2D eigenvalue weighted by atomic mass is 32.1. The number of benzene rings is 3. The first kappa shape index (κ1) is 32.0. The maximum Gasteiger partial charge on any atom is 0.350 e. The zero-order valence-electron chi connectivity index (χ0n) is 25.9. The number of nitrogens with zero attached hydrogens (tertiary/aromatic N) is 2. The molecule has 238 valence electrons. The Bertz CT molecular complexity index is 1770. The molecule has 1 N–H and O–H groups in total. The zero-order chi connectivity index (χ0) is 33.0. The summed E-state index contributed by atoms with van der Waals surface area (Å²) in [6.07, 6.45) is 0. The fourth-order valence-electron chi connectivity index (χ4n) is 5.08. The molecule has 1 fully saturated rings. The molecule has 12 heteroatoms. The fraction of sp³-hybridized carbons (Fsp3) is 0.235. The van der Waals surface area contributed by atoms with Gasteiger partial charge in [-0.25, -0.2) is 9.78 Å². The van der Waals surface area contributed by atoms with Crippen molar-refractivity contribution in [3.05, 3.63) is 99.6 Å². The molecule has 0 aliphatic carbocycles. The van der Waals surface area contributed by atoms with Crippen molar-refractivity contribution in [2.75, 3.05) is 32.8 Å². The summed E-state index contributed by atoms with van der Waals surface area (Å²) in [4.78, 5) is 45.9. The van der Waals surface area contributed by atoms with Gasteiger partial charge in [-0.1, -0.05) is 41.7 Å². The Balaban J connectivity index is 1.62. The highest BCUT2D eigenvalue weighted by Crippen LogP contribution is 2.48. The lowest BCUT2D eigenvalue weighted by Gasteiger charge is -2.24. The van der Waals surface area contributed by atoms with Crippen LogP contribution in [-0.2, 0) is 20.9 Å². The van der Waals surface area contributed by atoms with Crippen LogP contribution in [0, 0.1) is 6.92 Å². The van der Waals surface area contributed by atoms with Crippen molar-refractivity contribution in [1.29, 1.82) is 0 Å². The number of carbonyl (C=O) groups excluding carboxylic acids is 3. The highest BCUT2D eigenvalue weighted by molar-refractivity contribution is 7.17. The number of hydrogen-bond donors (Lipinski definition) is 1. The number of aliphatic hydroxyl groups excluding tert-OH is 1. The van der Waals surface area contributed by atoms with Crippen LogP contribution in [0.4, 0.5) is 5.13 Å². The van der Waals surface area contributed by atoms with E-state index in [0.717, 1.165) is 21.8 Å². The summed E-state index contributed by atoms with van der Waals surface area (Å²) in [5, 5.41) is 11.7. The van der Waals surface area contributed by atoms with E-state index in [1.54, 1.807) is 50.2 Å². The molecular weight excluding hydrogens is 612 g/mol. The Morgan fingerprint density at radius 1 is 0.957 bits per heavy atom. The molecule has 3 aromatic carbocycles. The quantitative estimate of drug-likeness (QED) is 0.0916. The van der Waals surface area contributed by atoms with Gasteiger partial charge in [-0.15, -0.1) is 0 Å². The smallest absolute Gasteiger partial charge is 0.350 e. The van der Waals surface area contributed by atoms with E-state index in [1.807, 2.05) is 30.3 Å². The van der Waals surface area contributed by atoms with Crippen LogP contribution in [0.2, 0.25) is 0 Å². The van der Waals surface area contributed by atoms with Crippen LogP contribution in [0.3, 0.4) is 0 Å². The van der Waals surface area contributed by atoms with Crippen LogP contribution in [0.25, 0.3) is 5.76 Å². The SMILES string of the molecule is CCOC(=O)c1sc(N2C(=O)C(=O)/C(=C(/O)c3ccc(OCc4ccccc4)cc3)C2c2cc(OC)c(OC)c(OC)c2)nc1C. The number of Topliss-reactive ketones (excluding diaryl/α,β-unsaturated/α-hetero) is 1. The molecular formula is C34H32N2O9S. The van der Waals surface area contributed by atoms with Gasteiger partial charge < -0.3 is 28.8 Å². The third-order valence-electron chi connectivity index (χ3n) is 7.28. The molecule has 46 heavy (non-hydrogen) atoms. The number of aryl methyl sites for hydroxylation is 1. The first-order chi connectivity index (χ1) is 22.2. The van der Waals surface area contributed by atoms with E-state index in [1.165, 1.54) is 21.3 Å². The van der Waals surface area contributed by atoms with E-state index in [-0.39, 0.29) is 39.3 Å². The number of rotatable bonds is 11. The molecule has 2 heterocycles. The standard InChI is InChI=1S/C34H32N2O9S/c1-6-44-33(40)31-19(2)35-34(46-31)36-27(22-16-24(41-3)30(43-5)25(17-22)42-4)26(29(38)32(36)39)28(37)21-12-14-23(15-13-21)45-18-20-10-8-7-9-11-20/h7-17,27,37H,6,18H2,1-5H3/b28-26+. The Hall–Kier alpha value is -5.36. The number of aromatic nitrogens is 1. The molecule has 1 aliphatic rings. The van der Waals surface area contributed by atoms with Gasteiger partial charge in [-0.05, 0) is 61.4 Å². The molecule has 1 atom stereocenters. The van der Waals surface area contributed by atoms with Gasteiger partial charge in [0.2, 0.25) is 5.75 Å². The average molecular weight is 645 g/mol. The molecule has 0 spiro atoms. The Morgan fingerprint density at radius 2 is 1.61 bits per heavy atom. The predicted octanol–water partition coefficient (Wildman–Crippen LogP) is 5.86. The molecule has 1 saturated heterocycles. The minimum Gasteiger partial charge on any atom is -0.507 e. The average Bonchev–Trinajstić information content (AvgIpc) is 3.59. The van der Waals surface area contributed by atoms with Gasteiger partial charge in [0.1, 0.15) is 23.0 Å². The Labute approximate surface area is 269 Å². The second-order valence-electron chi connectivity index (χ2n) is 10.1. The molecule has 1 amide bonds. The molecule has 0 saturated carbocycles. The normalized spacial score (nSPS) is 15.5. The number of carbonyl (C=O) groups is 3. The van der Waals surface area contributed by atoms with Crippen LogP contribution in [0.15, 0.2) is 72.3 Å². The summed E-state index contributed by atoms with van der Waals surface area (Å²) in [7, 11) is 4.33. The number of methoxy groups -OCH3 is 3. The van der Waals surface area contributed by atoms with Gasteiger partial charge in [-0.2, -0.15) is 0 Å². The molecule has 1 unspecified atom stereocenters. The highest BCUT2D eigenvalue weighted by Gasteiger charge is 2.49. The van der Waals surface area contributed by atoms with Crippen molar-refractivity contribution in [2.45, 2.75) is 26.5 Å². The summed E-state index contributed by atoms with van der Waals surface area (Å²) in [6, 6.07) is 18.2. The Morgan fingerprint density at radius 3 is 2.20 bits per heavy atom. The number of ether oxygens (including phenoxy) is 5. The largest absolute Gasteiger partial charge is 0.507 e. The summed E-state index contributed by atoms with van der Waals surface area (Å²) in [6.45, 7) is 3.79. The molecule has 1 aliphatic heterocycles. The summed E-state index contributed by atoms with van der Waals surface area (Å²) < 4.78 is 27.6. The number of thiazole rings is 1. The van der Waals surface area contributed by atoms with Crippen LogP contribution < -0.4 is 23.8 Å². The van der Waals surface area contributed by atoms with Crippen LogP contribution in [0.1, 0.15) is 45.0 Å². The monoisotopic (exact) mass is 644 g/mol. The fourth-order valence-corrected chi connectivity index (χ4v) is 6.07. The van der Waals surface area contributed by atoms with Gasteiger partial charge in [0, 0.05) is 5.56 Å². The van der Waals surface area contributed by atoms with Crippen molar-refractivity contribution < 1.29 is 43.2 Å². The van der Waals surface area contributed by atoms with Gasteiger partial charge in [0.25, 0.3) is 5.78 Å². The van der Waals surface area contributed by atoms with Crippen LogP contribution in [-0.4, -0.2) is 55.7 Å². The van der Waals surface area contributed by atoms with E-state index in [9.17, 15) is 19.5 Å². The number of amides is 1. The minimum absolute atomic E-state index is 0.0742. The molecule has 0 bridgehead atoms. The Kier molecular flexibility index (Phi) is 9.57. The molecule has 0 radical (unpaired) electrons. The number of hydrogen-bond acceptors (Lipinski definition) is 11. The van der Waals surface area contributed by atoms with E-state index in [4.69, 9.17) is 23.7 Å². The summed E-state index contributed by atoms with van der Waals surface area (Å²) in [5.74, 6) is -1.50. The lowest BCUT2D eigenvalue weighted by Crippen LogP contribution is -2.29. The second-order valence-corrected chi connectivity index (χ2v) is 11.0. The van der Waals surface area contributed by atoms with E-state index >= 15 is 0 Å². The van der Waals surface area contributed by atoms with Crippen molar-refractivity contribution in [3.8, 4) is 23.0 Å². The maximum atomic E-state index is 13.7. The van der Waals surface area contributed by atoms with Crippen molar-refractivity contribution >= 4 is 39.9 Å². The van der Waals surface area contributed by atoms with Crippen molar-refractivity contribution in [2.24, 2.45) is 0 Å². The van der Waals surface area contributed by atoms with E-state index in [0.29, 0.717) is 29.4 Å². The molecule has 5 rings (SSSR count). The molecule has 11 nitrogen and oxygen atoms in total. The lowest BCUT2D eigenvalue weighted by atomic mass is 9.94. The van der Waals surface area contributed by atoms with E-state index < -0.39 is 29.5 Å². The first-order valence-electron chi connectivity index (χ1n) is 14.2. The number of anilines is 1. The third-order valence-corrected chi connectivity index (χ3v) is 8.41. The number of ketones is 1. The van der Waals surface area contributed by atoms with Gasteiger partial charge >= 0.3 is 11.9 Å². The van der Waals surface area contributed by atoms with Gasteiger partial charge in [-0.3, -0.25) is 14.5 Å². The van der Waals surface area contributed by atoms with Crippen molar-refractivity contribution in [1.82, 2.24) is 4.98 Å². The summed E-state index contributed by atoms with van der Waals surface area (Å²) >= 11 is 0.911. The maximum absolute atomic E-state index is 13.7. The number of esters is 1. The number of aliphatic hydroxyl groups is 1. The second kappa shape index (κ2) is 13.7.